The molecule has 4 heteroatoms. The van der Waals surface area contributed by atoms with Gasteiger partial charge in [0.1, 0.15) is 0 Å². The van der Waals surface area contributed by atoms with E-state index in [-0.39, 0.29) is 6.10 Å². The van der Waals surface area contributed by atoms with Gasteiger partial charge in [0, 0.05) is 11.3 Å². The highest BCUT2D eigenvalue weighted by molar-refractivity contribution is 7.94. The van der Waals surface area contributed by atoms with Gasteiger partial charge in [0.25, 0.3) is 0 Å². The summed E-state index contributed by atoms with van der Waals surface area (Å²) in [5, 5.41) is 1.25. The van der Waals surface area contributed by atoms with E-state index in [1.165, 1.54) is 43.1 Å². The Morgan fingerprint density at radius 2 is 1.88 bits per heavy atom. The van der Waals surface area contributed by atoms with Crippen molar-refractivity contribution in [2.45, 2.75) is 62.9 Å². The molecule has 1 saturated carbocycles. The Labute approximate surface area is 152 Å². The molecule has 1 aromatic carbocycles. The molecule has 0 N–H and O–H groups in total. The highest BCUT2D eigenvalue weighted by Crippen LogP contribution is 2.41. The minimum Gasteiger partial charge on any atom is -0.374 e. The standard InChI is InChI=1S/C21H30O3S/c1-3-4-5-6-10-14-21(20-17-18(20)2)24-15-11-16-25(22,23)19-12-8-7-9-13-19/h7-9,11-13,16,20-21H,2-6,10,14-15,17H2,1H3/b16-11+/t20-,21-/m1/s1. The average Bonchev–Trinajstić information content (AvgIpc) is 3.34. The van der Waals surface area contributed by atoms with Gasteiger partial charge < -0.3 is 4.74 Å². The van der Waals surface area contributed by atoms with Gasteiger partial charge in [-0.05, 0) is 31.1 Å². The second kappa shape index (κ2) is 9.93. The Balaban J connectivity index is 1.79. The van der Waals surface area contributed by atoms with Gasteiger partial charge in [-0.2, -0.15) is 0 Å². The summed E-state index contributed by atoms with van der Waals surface area (Å²) >= 11 is 0. The molecule has 138 valence electrons. The van der Waals surface area contributed by atoms with Gasteiger partial charge in [0.2, 0.25) is 0 Å². The third-order valence-corrected chi connectivity index (χ3v) is 6.12. The van der Waals surface area contributed by atoms with Crippen molar-refractivity contribution in [3.8, 4) is 0 Å². The van der Waals surface area contributed by atoms with E-state index in [1.54, 1.807) is 36.4 Å². The molecule has 2 rings (SSSR count). The smallest absolute Gasteiger partial charge is 0.199 e. The number of hydrogen-bond acceptors (Lipinski definition) is 3. The van der Waals surface area contributed by atoms with Crippen molar-refractivity contribution in [3.63, 3.8) is 0 Å². The largest absolute Gasteiger partial charge is 0.374 e. The number of ether oxygens (including phenoxy) is 1. The average molecular weight is 363 g/mol. The summed E-state index contributed by atoms with van der Waals surface area (Å²) in [7, 11) is -3.38. The molecular weight excluding hydrogens is 332 g/mol. The van der Waals surface area contributed by atoms with E-state index < -0.39 is 9.84 Å². The molecule has 0 aromatic heterocycles. The van der Waals surface area contributed by atoms with Gasteiger partial charge >= 0.3 is 0 Å². The first kappa shape index (κ1) is 19.9. The van der Waals surface area contributed by atoms with Crippen LogP contribution in [0, 0.1) is 5.92 Å². The van der Waals surface area contributed by atoms with Gasteiger partial charge in [-0.15, -0.1) is 0 Å². The number of rotatable bonds is 12. The number of unbranched alkanes of at least 4 members (excludes halogenated alkanes) is 4. The summed E-state index contributed by atoms with van der Waals surface area (Å²) in [6.45, 7) is 6.59. The predicted octanol–water partition coefficient (Wildman–Crippen LogP) is 5.30. The maximum atomic E-state index is 12.2. The van der Waals surface area contributed by atoms with Crippen molar-refractivity contribution in [2.75, 3.05) is 6.61 Å². The lowest BCUT2D eigenvalue weighted by molar-refractivity contribution is 0.0527. The lowest BCUT2D eigenvalue weighted by Gasteiger charge is -2.16. The minimum atomic E-state index is -3.38. The van der Waals surface area contributed by atoms with Crippen LogP contribution < -0.4 is 0 Å². The molecule has 0 radical (unpaired) electrons. The first-order valence-electron chi connectivity index (χ1n) is 9.30. The fourth-order valence-electron chi connectivity index (χ4n) is 3.00. The molecule has 25 heavy (non-hydrogen) atoms. The molecule has 0 heterocycles. The van der Waals surface area contributed by atoms with E-state index in [0.717, 1.165) is 12.8 Å². The van der Waals surface area contributed by atoms with Gasteiger partial charge in [0.15, 0.2) is 9.84 Å². The van der Waals surface area contributed by atoms with E-state index >= 15 is 0 Å². The molecule has 0 spiro atoms. The first-order valence-corrected chi connectivity index (χ1v) is 10.8. The Hall–Kier alpha value is -1.39. The highest BCUT2D eigenvalue weighted by atomic mass is 32.2. The molecule has 0 saturated heterocycles. The third-order valence-electron chi connectivity index (χ3n) is 4.64. The Bertz CT molecular complexity index is 662. The van der Waals surface area contributed by atoms with Gasteiger partial charge in [0.05, 0.1) is 17.6 Å². The van der Waals surface area contributed by atoms with Crippen LogP contribution in [0.2, 0.25) is 0 Å². The molecule has 1 aliphatic rings. The minimum absolute atomic E-state index is 0.179. The highest BCUT2D eigenvalue weighted by Gasteiger charge is 2.35. The summed E-state index contributed by atoms with van der Waals surface area (Å²) < 4.78 is 30.3. The van der Waals surface area contributed by atoms with Gasteiger partial charge in [-0.3, -0.25) is 0 Å². The number of sulfone groups is 1. The SMILES string of the molecule is C=C1C[C@H]1[C@@H](CCCCCCC)OC/C=C/S(=O)(=O)c1ccccc1. The van der Waals surface area contributed by atoms with E-state index in [1.807, 2.05) is 0 Å². The van der Waals surface area contributed by atoms with Crippen molar-refractivity contribution in [1.82, 2.24) is 0 Å². The summed E-state index contributed by atoms with van der Waals surface area (Å²) in [5.41, 5.74) is 1.26. The molecule has 2 atom stereocenters. The van der Waals surface area contributed by atoms with E-state index in [0.29, 0.717) is 17.4 Å². The van der Waals surface area contributed by atoms with Crippen LogP contribution in [0.1, 0.15) is 51.9 Å². The Morgan fingerprint density at radius 3 is 2.52 bits per heavy atom. The van der Waals surface area contributed by atoms with Crippen molar-refractivity contribution in [3.05, 3.63) is 54.0 Å². The van der Waals surface area contributed by atoms with E-state index in [9.17, 15) is 8.42 Å². The fourth-order valence-corrected chi connectivity index (χ4v) is 4.03. The lowest BCUT2D eigenvalue weighted by atomic mass is 10.0. The molecule has 0 unspecified atom stereocenters. The summed E-state index contributed by atoms with van der Waals surface area (Å²) in [4.78, 5) is 0.314. The van der Waals surface area contributed by atoms with E-state index in [2.05, 4.69) is 13.5 Å². The quantitative estimate of drug-likeness (QED) is 0.374. The van der Waals surface area contributed by atoms with Crippen LogP contribution in [0.5, 0.6) is 0 Å². The molecule has 0 amide bonds. The van der Waals surface area contributed by atoms with Crippen LogP contribution >= 0.6 is 0 Å². The predicted molar refractivity (Wildman–Crippen MR) is 103 cm³/mol. The third kappa shape index (κ3) is 6.79. The zero-order chi connectivity index (χ0) is 18.1. The molecule has 0 aliphatic heterocycles. The Kier molecular flexibility index (Phi) is 7.91. The van der Waals surface area contributed by atoms with Crippen LogP contribution in [0.3, 0.4) is 0 Å². The zero-order valence-corrected chi connectivity index (χ0v) is 16.0. The van der Waals surface area contributed by atoms with Crippen LogP contribution in [-0.4, -0.2) is 21.1 Å². The zero-order valence-electron chi connectivity index (χ0n) is 15.2. The number of benzene rings is 1. The van der Waals surface area contributed by atoms with Crippen molar-refractivity contribution < 1.29 is 13.2 Å². The molecule has 1 aromatic rings. The summed E-state index contributed by atoms with van der Waals surface area (Å²) in [5.74, 6) is 0.463. The fraction of sp³-hybridized carbons (Fsp3) is 0.524. The molecule has 1 aliphatic carbocycles. The van der Waals surface area contributed by atoms with Gasteiger partial charge in [-0.25, -0.2) is 8.42 Å². The lowest BCUT2D eigenvalue weighted by Crippen LogP contribution is -2.16. The second-order valence-electron chi connectivity index (χ2n) is 6.77. The second-order valence-corrected chi connectivity index (χ2v) is 8.61. The monoisotopic (exact) mass is 362 g/mol. The molecular formula is C21H30O3S. The molecule has 0 bridgehead atoms. The normalized spacial score (nSPS) is 18.6. The first-order chi connectivity index (χ1) is 12.0. The van der Waals surface area contributed by atoms with Gasteiger partial charge in [-0.1, -0.05) is 69.4 Å². The van der Waals surface area contributed by atoms with Crippen molar-refractivity contribution in [2.24, 2.45) is 5.92 Å². The summed E-state index contributed by atoms with van der Waals surface area (Å²) in [6, 6.07) is 8.47. The maximum Gasteiger partial charge on any atom is 0.199 e. The Morgan fingerprint density at radius 1 is 1.20 bits per heavy atom. The van der Waals surface area contributed by atoms with Crippen LogP contribution in [0.25, 0.3) is 0 Å². The van der Waals surface area contributed by atoms with Crippen LogP contribution in [0.4, 0.5) is 0 Å². The summed E-state index contributed by atoms with van der Waals surface area (Å²) in [6.07, 6.45) is 10.1. The molecule has 1 fully saturated rings. The van der Waals surface area contributed by atoms with Crippen molar-refractivity contribution in [1.29, 1.82) is 0 Å². The maximum absolute atomic E-state index is 12.2. The topological polar surface area (TPSA) is 43.4 Å². The van der Waals surface area contributed by atoms with E-state index in [4.69, 9.17) is 4.74 Å². The van der Waals surface area contributed by atoms with Crippen LogP contribution in [-0.2, 0) is 14.6 Å². The van der Waals surface area contributed by atoms with Crippen LogP contribution in [0.15, 0.2) is 58.9 Å². The molecule has 3 nitrogen and oxygen atoms in total. The number of hydrogen-bond donors (Lipinski definition) is 0. The van der Waals surface area contributed by atoms with Crippen molar-refractivity contribution >= 4 is 9.84 Å².